The number of hydrogen-bond donors (Lipinski definition) is 1. The van der Waals surface area contributed by atoms with Crippen LogP contribution < -0.4 is 10.6 Å². The van der Waals surface area contributed by atoms with Crippen molar-refractivity contribution in [3.63, 3.8) is 0 Å². The summed E-state index contributed by atoms with van der Waals surface area (Å²) < 4.78 is 40.4. The molecular weight excluding hydrogens is 403 g/mol. The predicted molar refractivity (Wildman–Crippen MR) is 107 cm³/mol. The molecule has 2 aromatic heterocycles. The predicted octanol–water partition coefficient (Wildman–Crippen LogP) is 4.68. The first-order valence-electron chi connectivity index (χ1n) is 9.18. The Kier molecular flexibility index (Phi) is 4.86. The van der Waals surface area contributed by atoms with E-state index >= 15 is 0 Å². The fourth-order valence-corrected chi connectivity index (χ4v) is 3.75. The van der Waals surface area contributed by atoms with Crippen LogP contribution in [0.25, 0.3) is 22.4 Å². The molecule has 29 heavy (non-hydrogen) atoms. The van der Waals surface area contributed by atoms with Crippen molar-refractivity contribution in [3.8, 4) is 11.3 Å². The van der Waals surface area contributed by atoms with Crippen LogP contribution in [0, 0.1) is 0 Å². The van der Waals surface area contributed by atoms with Gasteiger partial charge in [-0.25, -0.2) is 15.0 Å². The van der Waals surface area contributed by atoms with E-state index in [9.17, 15) is 13.2 Å². The lowest BCUT2D eigenvalue weighted by Crippen LogP contribution is -2.48. The summed E-state index contributed by atoms with van der Waals surface area (Å²) in [5.41, 5.74) is 5.94. The molecule has 4 rings (SSSR count). The third kappa shape index (κ3) is 4.00. The van der Waals surface area contributed by atoms with Gasteiger partial charge in [0.05, 0.1) is 22.5 Å². The highest BCUT2D eigenvalue weighted by Crippen LogP contribution is 2.41. The maximum atomic E-state index is 13.5. The highest BCUT2D eigenvalue weighted by molar-refractivity contribution is 6.31. The van der Waals surface area contributed by atoms with E-state index in [0.29, 0.717) is 11.3 Å². The molecule has 152 valence electrons. The molecule has 0 atom stereocenters. The zero-order valence-corrected chi connectivity index (χ0v) is 16.4. The van der Waals surface area contributed by atoms with Gasteiger partial charge in [0.2, 0.25) is 0 Å². The number of hydrogen-bond acceptors (Lipinski definition) is 5. The van der Waals surface area contributed by atoms with E-state index in [2.05, 4.69) is 19.9 Å². The molecular formula is C20H19ClF3N5. The maximum Gasteiger partial charge on any atom is 0.418 e. The van der Waals surface area contributed by atoms with Crippen molar-refractivity contribution in [3.05, 3.63) is 47.1 Å². The lowest BCUT2D eigenvalue weighted by atomic mass is 9.91. The Balaban J connectivity index is 1.70. The Morgan fingerprint density at radius 1 is 1.10 bits per heavy atom. The molecule has 0 amide bonds. The lowest BCUT2D eigenvalue weighted by molar-refractivity contribution is -0.137. The molecule has 9 heteroatoms. The summed E-state index contributed by atoms with van der Waals surface area (Å²) in [6, 6.07) is 7.17. The second kappa shape index (κ2) is 7.11. The molecule has 1 aromatic carbocycles. The number of halogens is 4. The van der Waals surface area contributed by atoms with Gasteiger partial charge < -0.3 is 10.6 Å². The fourth-order valence-electron chi connectivity index (χ4n) is 3.47. The zero-order valence-electron chi connectivity index (χ0n) is 15.7. The Bertz CT molecular complexity index is 1060. The second-order valence-corrected chi connectivity index (χ2v) is 7.98. The van der Waals surface area contributed by atoms with Crippen LogP contribution in [0.2, 0.25) is 5.02 Å². The highest BCUT2D eigenvalue weighted by Gasteiger charge is 2.36. The number of piperidine rings is 1. The van der Waals surface area contributed by atoms with Gasteiger partial charge >= 0.3 is 6.18 Å². The number of nitrogens with zero attached hydrogens (tertiary/aromatic N) is 4. The minimum atomic E-state index is -4.59. The average molecular weight is 422 g/mol. The fraction of sp³-hybridized carbons (Fsp3) is 0.350. The summed E-state index contributed by atoms with van der Waals surface area (Å²) in [6.45, 7) is 3.58. The third-order valence-corrected chi connectivity index (χ3v) is 5.51. The largest absolute Gasteiger partial charge is 0.418 e. The van der Waals surface area contributed by atoms with Crippen LogP contribution in [0.4, 0.5) is 19.0 Å². The summed E-state index contributed by atoms with van der Waals surface area (Å²) in [6.07, 6.45) is -1.30. The van der Waals surface area contributed by atoms with E-state index in [4.69, 9.17) is 17.3 Å². The molecule has 5 nitrogen and oxygen atoms in total. The number of nitrogens with two attached hydrogens (primary N) is 1. The van der Waals surface area contributed by atoms with E-state index in [-0.39, 0.29) is 27.5 Å². The average Bonchev–Trinajstić information content (AvgIpc) is 2.66. The normalized spacial score (nSPS) is 17.0. The molecule has 0 bridgehead atoms. The smallest absolute Gasteiger partial charge is 0.355 e. The summed E-state index contributed by atoms with van der Waals surface area (Å²) in [5, 5.41) is -0.365. The number of anilines is 1. The number of fused-ring (bicyclic) bond motifs is 1. The molecule has 2 N–H and O–H groups in total. The van der Waals surface area contributed by atoms with Gasteiger partial charge in [-0.05, 0) is 38.0 Å². The first-order chi connectivity index (χ1) is 13.6. The van der Waals surface area contributed by atoms with Crippen molar-refractivity contribution in [1.82, 2.24) is 15.0 Å². The first kappa shape index (κ1) is 19.8. The van der Waals surface area contributed by atoms with Gasteiger partial charge in [-0.15, -0.1) is 0 Å². The quantitative estimate of drug-likeness (QED) is 0.650. The van der Waals surface area contributed by atoms with Gasteiger partial charge in [0.25, 0.3) is 0 Å². The summed E-state index contributed by atoms with van der Waals surface area (Å²) in [5.74, 6) is 0.710. The summed E-state index contributed by atoms with van der Waals surface area (Å²) in [7, 11) is 0. The second-order valence-electron chi connectivity index (χ2n) is 7.57. The highest BCUT2D eigenvalue weighted by atomic mass is 35.5. The van der Waals surface area contributed by atoms with Crippen LogP contribution in [-0.2, 0) is 6.18 Å². The third-order valence-electron chi connectivity index (χ3n) is 5.19. The monoisotopic (exact) mass is 421 g/mol. The Morgan fingerprint density at radius 3 is 2.52 bits per heavy atom. The summed E-state index contributed by atoms with van der Waals surface area (Å²) >= 11 is 5.82. The van der Waals surface area contributed by atoms with Gasteiger partial charge in [0.15, 0.2) is 5.65 Å². The molecule has 1 saturated heterocycles. The molecule has 0 aliphatic carbocycles. The van der Waals surface area contributed by atoms with E-state index in [0.717, 1.165) is 25.9 Å². The minimum absolute atomic E-state index is 0.0870. The Hall–Kier alpha value is -2.45. The van der Waals surface area contributed by atoms with Crippen molar-refractivity contribution >= 4 is 28.6 Å². The number of benzene rings is 1. The van der Waals surface area contributed by atoms with Crippen LogP contribution in [0.1, 0.15) is 25.3 Å². The van der Waals surface area contributed by atoms with Crippen LogP contribution in [0.3, 0.4) is 0 Å². The molecule has 1 fully saturated rings. The van der Waals surface area contributed by atoms with E-state index in [1.54, 1.807) is 12.3 Å². The van der Waals surface area contributed by atoms with Crippen molar-refractivity contribution < 1.29 is 13.2 Å². The standard InChI is InChI=1S/C20H19ClF3N5/c1-19(25)7-9-29(10-8-19)16-11-26-18-15(27-16)6-5-14(28-18)12-3-2-4-13(21)17(12)20(22,23)24/h2-6,11H,7-10,25H2,1H3. The SMILES string of the molecule is CC1(N)CCN(c2cnc3nc(-c4cccc(Cl)c4C(F)(F)F)ccc3n2)CC1. The molecule has 3 aromatic rings. The minimum Gasteiger partial charge on any atom is -0.355 e. The molecule has 0 saturated carbocycles. The van der Waals surface area contributed by atoms with Crippen LogP contribution in [0.15, 0.2) is 36.5 Å². The molecule has 0 unspecified atom stereocenters. The van der Waals surface area contributed by atoms with Crippen molar-refractivity contribution in [1.29, 1.82) is 0 Å². The van der Waals surface area contributed by atoms with Crippen LogP contribution >= 0.6 is 11.6 Å². The molecule has 1 aliphatic heterocycles. The van der Waals surface area contributed by atoms with Gasteiger partial charge in [0, 0.05) is 24.2 Å². The van der Waals surface area contributed by atoms with E-state index < -0.39 is 11.7 Å². The molecule has 3 heterocycles. The zero-order chi connectivity index (χ0) is 20.8. The number of aromatic nitrogens is 3. The van der Waals surface area contributed by atoms with Gasteiger partial charge in [0.1, 0.15) is 11.3 Å². The molecule has 0 spiro atoms. The van der Waals surface area contributed by atoms with Crippen molar-refractivity contribution in [2.24, 2.45) is 5.73 Å². The van der Waals surface area contributed by atoms with E-state index in [1.807, 2.05) is 6.92 Å². The van der Waals surface area contributed by atoms with E-state index in [1.165, 1.54) is 24.3 Å². The van der Waals surface area contributed by atoms with Crippen LogP contribution in [0.5, 0.6) is 0 Å². The van der Waals surface area contributed by atoms with Crippen molar-refractivity contribution in [2.45, 2.75) is 31.5 Å². The van der Waals surface area contributed by atoms with Gasteiger partial charge in [-0.1, -0.05) is 23.7 Å². The summed E-state index contributed by atoms with van der Waals surface area (Å²) in [4.78, 5) is 15.3. The number of alkyl halides is 3. The molecule has 1 aliphatic rings. The molecule has 0 radical (unpaired) electrons. The first-order valence-corrected chi connectivity index (χ1v) is 9.56. The Labute approximate surface area is 170 Å². The van der Waals surface area contributed by atoms with Crippen molar-refractivity contribution in [2.75, 3.05) is 18.0 Å². The number of rotatable bonds is 2. The van der Waals surface area contributed by atoms with Gasteiger partial charge in [-0.3, -0.25) is 0 Å². The maximum absolute atomic E-state index is 13.5. The Morgan fingerprint density at radius 2 is 1.83 bits per heavy atom. The number of pyridine rings is 1. The lowest BCUT2D eigenvalue weighted by Gasteiger charge is -2.37. The topological polar surface area (TPSA) is 67.9 Å². The van der Waals surface area contributed by atoms with Crippen LogP contribution in [-0.4, -0.2) is 33.6 Å². The van der Waals surface area contributed by atoms with Gasteiger partial charge in [-0.2, -0.15) is 13.2 Å².